The van der Waals surface area contributed by atoms with Crippen LogP contribution in [0.3, 0.4) is 0 Å². The van der Waals surface area contributed by atoms with Crippen molar-refractivity contribution in [2.45, 2.75) is 24.3 Å². The highest BCUT2D eigenvalue weighted by molar-refractivity contribution is 7.89. The Morgan fingerprint density at radius 3 is 2.57 bits per heavy atom. The highest BCUT2D eigenvalue weighted by Gasteiger charge is 2.32. The molecule has 2 aromatic rings. The van der Waals surface area contributed by atoms with Gasteiger partial charge in [-0.1, -0.05) is 43.3 Å². The lowest BCUT2D eigenvalue weighted by molar-refractivity contribution is 0.254. The zero-order chi connectivity index (χ0) is 15.0. The van der Waals surface area contributed by atoms with E-state index in [1.54, 1.807) is 12.1 Å². The summed E-state index contributed by atoms with van der Waals surface area (Å²) < 4.78 is 27.5. The molecular formula is C16H20N2O2S. The van der Waals surface area contributed by atoms with Gasteiger partial charge >= 0.3 is 0 Å². The number of hydrogen-bond acceptors (Lipinski definition) is 3. The molecule has 0 aromatic heterocycles. The van der Waals surface area contributed by atoms with Crippen molar-refractivity contribution in [1.29, 1.82) is 0 Å². The van der Waals surface area contributed by atoms with Crippen LogP contribution in [-0.4, -0.2) is 31.9 Å². The zero-order valence-corrected chi connectivity index (χ0v) is 12.9. The molecule has 1 aliphatic heterocycles. The summed E-state index contributed by atoms with van der Waals surface area (Å²) in [7, 11) is -3.50. The van der Waals surface area contributed by atoms with E-state index >= 15 is 0 Å². The van der Waals surface area contributed by atoms with Crippen molar-refractivity contribution in [3.8, 4) is 0 Å². The van der Waals surface area contributed by atoms with Crippen molar-refractivity contribution >= 4 is 20.8 Å². The Morgan fingerprint density at radius 2 is 1.81 bits per heavy atom. The smallest absolute Gasteiger partial charge is 0.243 e. The first kappa shape index (κ1) is 14.5. The Morgan fingerprint density at radius 1 is 1.10 bits per heavy atom. The van der Waals surface area contributed by atoms with E-state index in [-0.39, 0.29) is 6.04 Å². The molecule has 0 saturated carbocycles. The van der Waals surface area contributed by atoms with Gasteiger partial charge in [0.05, 0.1) is 4.90 Å². The number of nitrogens with two attached hydrogens (primary N) is 1. The largest absolute Gasteiger partial charge is 0.326 e. The maximum absolute atomic E-state index is 13.0. The van der Waals surface area contributed by atoms with Gasteiger partial charge in [-0.25, -0.2) is 8.42 Å². The van der Waals surface area contributed by atoms with Gasteiger partial charge in [0.25, 0.3) is 0 Å². The average molecular weight is 304 g/mol. The monoisotopic (exact) mass is 304 g/mol. The molecule has 1 saturated heterocycles. The van der Waals surface area contributed by atoms with Crippen LogP contribution in [0.4, 0.5) is 0 Å². The topological polar surface area (TPSA) is 63.4 Å². The van der Waals surface area contributed by atoms with Crippen LogP contribution in [0.5, 0.6) is 0 Å². The number of nitrogens with zero attached hydrogens (tertiary/aromatic N) is 1. The van der Waals surface area contributed by atoms with Gasteiger partial charge in [0.15, 0.2) is 0 Å². The quantitative estimate of drug-likeness (QED) is 0.925. The van der Waals surface area contributed by atoms with Crippen molar-refractivity contribution < 1.29 is 8.42 Å². The summed E-state index contributed by atoms with van der Waals surface area (Å²) >= 11 is 0. The van der Waals surface area contributed by atoms with Gasteiger partial charge in [0.1, 0.15) is 0 Å². The Kier molecular flexibility index (Phi) is 3.73. The van der Waals surface area contributed by atoms with Crippen LogP contribution in [0.1, 0.15) is 13.3 Å². The minimum Gasteiger partial charge on any atom is -0.326 e. The lowest BCUT2D eigenvalue weighted by Gasteiger charge is -2.34. The first-order valence-corrected chi connectivity index (χ1v) is 8.66. The fourth-order valence-electron chi connectivity index (χ4n) is 3.11. The molecule has 1 aliphatic rings. The first-order valence-electron chi connectivity index (χ1n) is 7.22. The summed E-state index contributed by atoms with van der Waals surface area (Å²) in [4.78, 5) is 0.377. The third-order valence-electron chi connectivity index (χ3n) is 4.03. The van der Waals surface area contributed by atoms with Crippen LogP contribution in [0.15, 0.2) is 47.4 Å². The molecule has 5 heteroatoms. The van der Waals surface area contributed by atoms with Gasteiger partial charge in [-0.2, -0.15) is 4.31 Å². The molecule has 112 valence electrons. The first-order chi connectivity index (χ1) is 9.98. The Balaban J connectivity index is 2.08. The molecule has 0 bridgehead atoms. The second-order valence-corrected chi connectivity index (χ2v) is 7.81. The molecule has 2 atom stereocenters. The molecule has 3 rings (SSSR count). The normalized spacial score (nSPS) is 24.3. The molecule has 1 fully saturated rings. The fourth-order valence-corrected chi connectivity index (χ4v) is 4.94. The van der Waals surface area contributed by atoms with E-state index in [2.05, 4.69) is 0 Å². The lowest BCUT2D eigenvalue weighted by atomic mass is 9.99. The van der Waals surface area contributed by atoms with Crippen molar-refractivity contribution in [3.05, 3.63) is 42.5 Å². The third-order valence-corrected chi connectivity index (χ3v) is 5.92. The molecule has 1 heterocycles. The Labute approximate surface area is 125 Å². The van der Waals surface area contributed by atoms with E-state index in [9.17, 15) is 8.42 Å². The van der Waals surface area contributed by atoms with E-state index in [1.165, 1.54) is 4.31 Å². The molecule has 4 nitrogen and oxygen atoms in total. The predicted molar refractivity (Wildman–Crippen MR) is 84.5 cm³/mol. The van der Waals surface area contributed by atoms with E-state index in [0.29, 0.717) is 23.9 Å². The number of piperidine rings is 1. The van der Waals surface area contributed by atoms with Crippen molar-refractivity contribution in [2.24, 2.45) is 11.7 Å². The predicted octanol–water partition coefficient (Wildman–Crippen LogP) is 2.20. The zero-order valence-electron chi connectivity index (χ0n) is 12.1. The van der Waals surface area contributed by atoms with Crippen LogP contribution in [0, 0.1) is 5.92 Å². The van der Waals surface area contributed by atoms with Gasteiger partial charge < -0.3 is 5.73 Å². The van der Waals surface area contributed by atoms with Gasteiger partial charge in [-0.05, 0) is 23.8 Å². The number of sulfonamides is 1. The summed E-state index contributed by atoms with van der Waals surface area (Å²) in [6.07, 6.45) is 0.877. The standard InChI is InChI=1S/C16H20N2O2S/c1-12-9-14(17)11-18(10-12)21(19,20)16-8-4-6-13-5-2-3-7-15(13)16/h2-8,12,14H,9-11,17H2,1H3. The molecular weight excluding hydrogens is 284 g/mol. The number of rotatable bonds is 2. The fraction of sp³-hybridized carbons (Fsp3) is 0.375. The number of hydrogen-bond donors (Lipinski definition) is 1. The summed E-state index contributed by atoms with van der Waals surface area (Å²) in [5, 5.41) is 1.71. The van der Waals surface area contributed by atoms with Gasteiger partial charge in [-0.3, -0.25) is 0 Å². The molecule has 0 radical (unpaired) electrons. The number of fused-ring (bicyclic) bond motifs is 1. The summed E-state index contributed by atoms with van der Waals surface area (Å²) in [5.74, 6) is 0.290. The lowest BCUT2D eigenvalue weighted by Crippen LogP contribution is -2.48. The van der Waals surface area contributed by atoms with Crippen LogP contribution in [0.25, 0.3) is 10.8 Å². The molecule has 0 amide bonds. The number of benzene rings is 2. The Hall–Kier alpha value is -1.43. The van der Waals surface area contributed by atoms with Crippen LogP contribution in [0.2, 0.25) is 0 Å². The SMILES string of the molecule is CC1CC(N)CN(S(=O)(=O)c2cccc3ccccc23)C1. The average Bonchev–Trinajstić information content (AvgIpc) is 2.45. The Bertz CT molecular complexity index is 742. The van der Waals surface area contributed by atoms with Gasteiger partial charge in [0.2, 0.25) is 10.0 Å². The highest BCUT2D eigenvalue weighted by atomic mass is 32.2. The van der Waals surface area contributed by atoms with Crippen LogP contribution >= 0.6 is 0 Å². The van der Waals surface area contributed by atoms with Crippen LogP contribution in [-0.2, 0) is 10.0 Å². The van der Waals surface area contributed by atoms with E-state index < -0.39 is 10.0 Å². The molecule has 0 aliphatic carbocycles. The van der Waals surface area contributed by atoms with Gasteiger partial charge in [0, 0.05) is 24.5 Å². The van der Waals surface area contributed by atoms with Crippen molar-refractivity contribution in [1.82, 2.24) is 4.31 Å². The van der Waals surface area contributed by atoms with Crippen molar-refractivity contribution in [3.63, 3.8) is 0 Å². The second kappa shape index (κ2) is 5.40. The van der Waals surface area contributed by atoms with Crippen LogP contribution < -0.4 is 5.73 Å². The molecule has 2 N–H and O–H groups in total. The maximum atomic E-state index is 13.0. The van der Waals surface area contributed by atoms with E-state index in [0.717, 1.165) is 17.2 Å². The van der Waals surface area contributed by atoms with Crippen molar-refractivity contribution in [2.75, 3.05) is 13.1 Å². The third kappa shape index (κ3) is 2.69. The minimum absolute atomic E-state index is 0.0847. The molecule has 2 aromatic carbocycles. The molecule has 0 spiro atoms. The highest BCUT2D eigenvalue weighted by Crippen LogP contribution is 2.28. The molecule has 21 heavy (non-hydrogen) atoms. The van der Waals surface area contributed by atoms with Gasteiger partial charge in [-0.15, -0.1) is 0 Å². The second-order valence-electron chi connectivity index (χ2n) is 5.90. The van der Waals surface area contributed by atoms with E-state index in [1.807, 2.05) is 37.3 Å². The summed E-state index contributed by atoms with van der Waals surface area (Å²) in [5.41, 5.74) is 6.00. The maximum Gasteiger partial charge on any atom is 0.243 e. The summed E-state index contributed by atoms with van der Waals surface area (Å²) in [6.45, 7) is 2.99. The van der Waals surface area contributed by atoms with E-state index in [4.69, 9.17) is 5.73 Å². The summed E-state index contributed by atoms with van der Waals surface area (Å²) in [6, 6.07) is 12.9. The minimum atomic E-state index is -3.50. The molecule has 2 unspecified atom stereocenters.